The van der Waals surface area contributed by atoms with Crippen molar-refractivity contribution in [3.8, 4) is 0 Å². The van der Waals surface area contributed by atoms with Crippen LogP contribution in [0.2, 0.25) is 0 Å². The molecule has 4 fully saturated rings. The van der Waals surface area contributed by atoms with Crippen molar-refractivity contribution in [2.24, 2.45) is 34.0 Å². The second-order valence-corrected chi connectivity index (χ2v) is 12.3. The summed E-state index contributed by atoms with van der Waals surface area (Å²) < 4.78 is 23.4. The van der Waals surface area contributed by atoms with E-state index in [9.17, 15) is 24.0 Å². The highest BCUT2D eigenvalue weighted by atomic mass is 16.6. The van der Waals surface area contributed by atoms with E-state index in [1.165, 1.54) is 27.7 Å². The molecule has 4 saturated carbocycles. The number of hydrogen-bond acceptors (Lipinski definition) is 9. The molecule has 4 rings (SSSR count). The summed E-state index contributed by atoms with van der Waals surface area (Å²) in [7, 11) is 0. The van der Waals surface area contributed by atoms with E-state index in [2.05, 4.69) is 6.58 Å². The van der Waals surface area contributed by atoms with Crippen LogP contribution >= 0.6 is 0 Å². The zero-order chi connectivity index (χ0) is 27.7. The number of hydrogen-bond donors (Lipinski definition) is 0. The molecular weight excluding hydrogens is 480 g/mol. The van der Waals surface area contributed by atoms with E-state index >= 15 is 0 Å². The van der Waals surface area contributed by atoms with Crippen molar-refractivity contribution >= 4 is 29.7 Å². The summed E-state index contributed by atoms with van der Waals surface area (Å²) in [6.45, 7) is 15.2. The van der Waals surface area contributed by atoms with E-state index in [1.807, 2.05) is 20.8 Å². The van der Waals surface area contributed by atoms with Crippen LogP contribution in [0.5, 0.6) is 0 Å². The Labute approximate surface area is 217 Å². The number of ketones is 1. The molecule has 9 unspecified atom stereocenters. The second kappa shape index (κ2) is 8.95. The molecule has 2 bridgehead atoms. The standard InChI is InChI=1S/C28H38O9/c1-13-18-9-19(34-14(2)29)23-27(8)11-21(36-16(4)31)25(37-17(5)32)26(6,7)22(27)20(35-15(3)30)12-28(23,10-18)24(13)33/h18-23,25H,1,9-12H2,2-8H3. The van der Waals surface area contributed by atoms with E-state index < -0.39 is 76.4 Å². The molecule has 0 heterocycles. The van der Waals surface area contributed by atoms with Gasteiger partial charge in [-0.05, 0) is 42.6 Å². The SMILES string of the molecule is C=C1C(=O)C23CC1CC(OC(C)=O)C2C1(C)CC(OC(C)=O)C(OC(C)=O)C(C)(C)C1C(OC(C)=O)C3. The van der Waals surface area contributed by atoms with Gasteiger partial charge in [0.15, 0.2) is 5.78 Å². The van der Waals surface area contributed by atoms with Crippen LogP contribution in [0.15, 0.2) is 12.2 Å². The van der Waals surface area contributed by atoms with E-state index in [4.69, 9.17) is 18.9 Å². The molecule has 37 heavy (non-hydrogen) atoms. The third kappa shape index (κ3) is 4.18. The number of Topliss-reactive ketones (excluding diaryl/α,β-unsaturated/α-hetero) is 1. The first kappa shape index (κ1) is 27.3. The number of carbonyl (C=O) groups is 5. The predicted molar refractivity (Wildman–Crippen MR) is 130 cm³/mol. The maximum absolute atomic E-state index is 13.9. The lowest BCUT2D eigenvalue weighted by Gasteiger charge is -2.67. The molecule has 0 N–H and O–H groups in total. The maximum Gasteiger partial charge on any atom is 0.303 e. The van der Waals surface area contributed by atoms with Crippen LogP contribution in [-0.2, 0) is 42.9 Å². The first-order valence-corrected chi connectivity index (χ1v) is 13.0. The summed E-state index contributed by atoms with van der Waals surface area (Å²) in [5.41, 5.74) is -2.04. The van der Waals surface area contributed by atoms with Gasteiger partial charge in [-0.2, -0.15) is 0 Å². The minimum absolute atomic E-state index is 0.0714. The van der Waals surface area contributed by atoms with Crippen molar-refractivity contribution in [2.75, 3.05) is 0 Å². The van der Waals surface area contributed by atoms with Crippen molar-refractivity contribution in [1.82, 2.24) is 0 Å². The Morgan fingerprint density at radius 2 is 1.24 bits per heavy atom. The van der Waals surface area contributed by atoms with Gasteiger partial charge in [0.25, 0.3) is 0 Å². The fourth-order valence-electron chi connectivity index (χ4n) is 9.04. The largest absolute Gasteiger partial charge is 0.462 e. The van der Waals surface area contributed by atoms with Gasteiger partial charge in [-0.15, -0.1) is 0 Å². The number of ether oxygens (including phenoxy) is 4. The fraction of sp³-hybridized carbons (Fsp3) is 0.750. The minimum atomic E-state index is -0.934. The first-order valence-electron chi connectivity index (χ1n) is 13.0. The van der Waals surface area contributed by atoms with Crippen LogP contribution in [0.1, 0.15) is 74.1 Å². The van der Waals surface area contributed by atoms with Gasteiger partial charge < -0.3 is 18.9 Å². The van der Waals surface area contributed by atoms with Gasteiger partial charge >= 0.3 is 23.9 Å². The first-order chi connectivity index (χ1) is 17.0. The molecular formula is C28H38O9. The number of carbonyl (C=O) groups excluding carboxylic acids is 5. The van der Waals surface area contributed by atoms with Crippen LogP contribution in [-0.4, -0.2) is 54.1 Å². The van der Waals surface area contributed by atoms with Gasteiger partial charge in [0, 0.05) is 50.4 Å². The molecule has 0 aliphatic heterocycles. The van der Waals surface area contributed by atoms with Gasteiger partial charge in [0.05, 0.1) is 0 Å². The Kier molecular flexibility index (Phi) is 6.61. The van der Waals surface area contributed by atoms with Crippen LogP contribution in [0.25, 0.3) is 0 Å². The zero-order valence-corrected chi connectivity index (χ0v) is 22.8. The lowest BCUT2D eigenvalue weighted by molar-refractivity contribution is -0.273. The summed E-state index contributed by atoms with van der Waals surface area (Å²) in [5.74, 6) is -2.98. The Morgan fingerprint density at radius 1 is 0.730 bits per heavy atom. The highest BCUT2D eigenvalue weighted by Crippen LogP contribution is 2.72. The summed E-state index contributed by atoms with van der Waals surface area (Å²) >= 11 is 0. The normalized spacial score (nSPS) is 41.6. The van der Waals surface area contributed by atoms with Gasteiger partial charge in [-0.3, -0.25) is 24.0 Å². The average Bonchev–Trinajstić information content (AvgIpc) is 2.89. The highest BCUT2D eigenvalue weighted by Gasteiger charge is 2.75. The van der Waals surface area contributed by atoms with Crippen LogP contribution < -0.4 is 0 Å². The fourth-order valence-corrected chi connectivity index (χ4v) is 9.04. The summed E-state index contributed by atoms with van der Waals surface area (Å²) in [5, 5.41) is 0. The Hall–Kier alpha value is -2.71. The molecule has 0 radical (unpaired) electrons. The lowest BCUT2D eigenvalue weighted by atomic mass is 9.39. The number of rotatable bonds is 4. The van der Waals surface area contributed by atoms with Crippen molar-refractivity contribution in [2.45, 2.75) is 98.6 Å². The molecule has 9 nitrogen and oxygen atoms in total. The minimum Gasteiger partial charge on any atom is -0.462 e. The van der Waals surface area contributed by atoms with Gasteiger partial charge in [-0.1, -0.05) is 27.4 Å². The Balaban J connectivity index is 1.94. The van der Waals surface area contributed by atoms with Crippen molar-refractivity contribution in [3.05, 3.63) is 12.2 Å². The van der Waals surface area contributed by atoms with E-state index in [0.717, 1.165) is 0 Å². The van der Waals surface area contributed by atoms with Crippen LogP contribution in [0.3, 0.4) is 0 Å². The van der Waals surface area contributed by atoms with Crippen molar-refractivity contribution in [1.29, 1.82) is 0 Å². The topological polar surface area (TPSA) is 122 Å². The van der Waals surface area contributed by atoms with E-state index in [1.54, 1.807) is 0 Å². The van der Waals surface area contributed by atoms with E-state index in [0.29, 0.717) is 18.4 Å². The molecule has 0 amide bonds. The summed E-state index contributed by atoms with van der Waals surface area (Å²) in [6, 6.07) is 0. The number of esters is 4. The van der Waals surface area contributed by atoms with Gasteiger partial charge in [0.1, 0.15) is 24.4 Å². The molecule has 4 aliphatic rings. The third-order valence-corrected chi connectivity index (χ3v) is 9.45. The Bertz CT molecular complexity index is 1060. The lowest BCUT2D eigenvalue weighted by Crippen LogP contribution is -2.71. The molecule has 0 aromatic heterocycles. The molecule has 204 valence electrons. The second-order valence-electron chi connectivity index (χ2n) is 12.3. The number of fused-ring (bicyclic) bond motifs is 3. The molecule has 0 aromatic carbocycles. The molecule has 4 aliphatic carbocycles. The summed E-state index contributed by atoms with van der Waals surface area (Å²) in [4.78, 5) is 62.8. The van der Waals surface area contributed by atoms with E-state index in [-0.39, 0.29) is 24.5 Å². The quantitative estimate of drug-likeness (QED) is 0.313. The molecule has 0 saturated heterocycles. The van der Waals surface area contributed by atoms with Crippen molar-refractivity contribution in [3.63, 3.8) is 0 Å². The average molecular weight is 519 g/mol. The molecule has 0 aromatic rings. The smallest absolute Gasteiger partial charge is 0.303 e. The maximum atomic E-state index is 13.9. The molecule has 9 heteroatoms. The highest BCUT2D eigenvalue weighted by molar-refractivity contribution is 6.03. The summed E-state index contributed by atoms with van der Waals surface area (Å²) in [6.07, 6.45) is -1.33. The number of allylic oxidation sites excluding steroid dienone is 1. The Morgan fingerprint density at radius 3 is 1.78 bits per heavy atom. The zero-order valence-electron chi connectivity index (χ0n) is 22.8. The monoisotopic (exact) mass is 518 g/mol. The predicted octanol–water partition coefficient (Wildman–Crippen LogP) is 3.32. The molecule has 9 atom stereocenters. The van der Waals surface area contributed by atoms with Gasteiger partial charge in [-0.25, -0.2) is 0 Å². The molecule has 1 spiro atoms. The van der Waals surface area contributed by atoms with Crippen LogP contribution in [0.4, 0.5) is 0 Å². The van der Waals surface area contributed by atoms with Gasteiger partial charge in [0.2, 0.25) is 0 Å². The van der Waals surface area contributed by atoms with Crippen LogP contribution in [0, 0.1) is 34.0 Å². The van der Waals surface area contributed by atoms with Crippen molar-refractivity contribution < 1.29 is 42.9 Å². The third-order valence-electron chi connectivity index (χ3n) is 9.45.